The molecule has 82 valence electrons. The minimum atomic E-state index is -1.11. The number of carboxylic acid groups (broad SMARTS) is 1. The van der Waals surface area contributed by atoms with Crippen molar-refractivity contribution in [2.24, 2.45) is 0 Å². The Bertz CT molecular complexity index is 227. The first-order chi connectivity index (χ1) is 6.34. The summed E-state index contributed by atoms with van der Waals surface area (Å²) < 4.78 is 13.4. The Labute approximate surface area is 83.1 Å². The number of nitrogens with zero attached hydrogens (tertiary/aromatic N) is 1. The van der Waals surface area contributed by atoms with Gasteiger partial charge in [-0.3, -0.25) is 4.90 Å². The first-order valence-corrected chi connectivity index (χ1v) is 4.71. The zero-order chi connectivity index (χ0) is 10.9. The van der Waals surface area contributed by atoms with E-state index in [0.29, 0.717) is 6.54 Å². The second kappa shape index (κ2) is 3.73. The van der Waals surface area contributed by atoms with Gasteiger partial charge in [-0.2, -0.15) is 0 Å². The van der Waals surface area contributed by atoms with Crippen LogP contribution in [0.25, 0.3) is 0 Å². The van der Waals surface area contributed by atoms with E-state index in [-0.39, 0.29) is 6.54 Å². The van der Waals surface area contributed by atoms with Crippen molar-refractivity contribution in [3.63, 3.8) is 0 Å². The Morgan fingerprint density at radius 3 is 2.36 bits per heavy atom. The van der Waals surface area contributed by atoms with Gasteiger partial charge in [-0.15, -0.1) is 0 Å². The fraction of sp³-hybridized carbons (Fsp3) is 0.889. The number of carbonyl (C=O) groups is 1. The van der Waals surface area contributed by atoms with E-state index in [4.69, 9.17) is 5.11 Å². The van der Waals surface area contributed by atoms with Gasteiger partial charge in [0.05, 0.1) is 6.04 Å². The van der Waals surface area contributed by atoms with Crippen LogP contribution in [-0.4, -0.2) is 46.9 Å². The fourth-order valence-corrected chi connectivity index (χ4v) is 1.81. The summed E-state index contributed by atoms with van der Waals surface area (Å²) >= 11 is 0. The van der Waals surface area contributed by atoms with Gasteiger partial charge in [0.25, 0.3) is 0 Å². The number of rotatable bonds is 1. The lowest BCUT2D eigenvalue weighted by atomic mass is 10.0. The van der Waals surface area contributed by atoms with E-state index < -0.39 is 23.8 Å². The SMILES string of the molecule is CC(C)(C)N(C(=O)O)[C@@H]1CNC[C@H]1F. The van der Waals surface area contributed by atoms with E-state index in [0.717, 1.165) is 0 Å². The topological polar surface area (TPSA) is 52.6 Å². The molecule has 1 fully saturated rings. The van der Waals surface area contributed by atoms with Gasteiger partial charge in [-0.1, -0.05) is 0 Å². The normalized spacial score (nSPS) is 27.7. The molecule has 2 atom stereocenters. The second-order valence-electron chi connectivity index (χ2n) is 4.56. The van der Waals surface area contributed by atoms with Gasteiger partial charge >= 0.3 is 6.09 Å². The summed E-state index contributed by atoms with van der Waals surface area (Å²) in [5, 5.41) is 11.9. The van der Waals surface area contributed by atoms with Crippen LogP contribution in [0, 0.1) is 0 Å². The molecule has 1 aliphatic heterocycles. The van der Waals surface area contributed by atoms with E-state index in [1.54, 1.807) is 20.8 Å². The van der Waals surface area contributed by atoms with Crippen LogP contribution in [0.5, 0.6) is 0 Å². The maximum atomic E-state index is 13.4. The van der Waals surface area contributed by atoms with Gasteiger partial charge in [-0.05, 0) is 20.8 Å². The van der Waals surface area contributed by atoms with Crippen molar-refractivity contribution in [2.45, 2.75) is 38.5 Å². The van der Waals surface area contributed by atoms with Crippen LogP contribution in [-0.2, 0) is 0 Å². The largest absolute Gasteiger partial charge is 0.465 e. The molecule has 1 rings (SSSR count). The third kappa shape index (κ3) is 2.15. The van der Waals surface area contributed by atoms with Crippen molar-refractivity contribution in [1.82, 2.24) is 10.2 Å². The van der Waals surface area contributed by atoms with Gasteiger partial charge < -0.3 is 10.4 Å². The predicted molar refractivity (Wildman–Crippen MR) is 51.2 cm³/mol. The first kappa shape index (κ1) is 11.2. The van der Waals surface area contributed by atoms with Gasteiger partial charge in [0.1, 0.15) is 6.17 Å². The van der Waals surface area contributed by atoms with Crippen LogP contribution in [0.3, 0.4) is 0 Å². The average molecular weight is 204 g/mol. The third-order valence-electron chi connectivity index (χ3n) is 2.37. The average Bonchev–Trinajstić information content (AvgIpc) is 2.32. The van der Waals surface area contributed by atoms with Crippen LogP contribution in [0.1, 0.15) is 20.8 Å². The van der Waals surface area contributed by atoms with Gasteiger partial charge in [0, 0.05) is 18.6 Å². The van der Waals surface area contributed by atoms with Crippen molar-refractivity contribution in [2.75, 3.05) is 13.1 Å². The number of hydrogen-bond acceptors (Lipinski definition) is 2. The summed E-state index contributed by atoms with van der Waals surface area (Å²) in [6.45, 7) is 5.94. The lowest BCUT2D eigenvalue weighted by Crippen LogP contribution is -2.54. The molecule has 0 aromatic carbocycles. The highest BCUT2D eigenvalue weighted by Crippen LogP contribution is 2.22. The van der Waals surface area contributed by atoms with Crippen molar-refractivity contribution in [3.05, 3.63) is 0 Å². The van der Waals surface area contributed by atoms with E-state index in [2.05, 4.69) is 5.32 Å². The molecule has 1 aliphatic rings. The first-order valence-electron chi connectivity index (χ1n) is 4.71. The molecule has 0 spiro atoms. The van der Waals surface area contributed by atoms with E-state index in [9.17, 15) is 9.18 Å². The molecule has 4 nitrogen and oxygen atoms in total. The number of nitrogens with one attached hydrogen (secondary N) is 1. The van der Waals surface area contributed by atoms with Crippen LogP contribution in [0.2, 0.25) is 0 Å². The van der Waals surface area contributed by atoms with Crippen LogP contribution in [0.4, 0.5) is 9.18 Å². The summed E-state index contributed by atoms with van der Waals surface area (Å²) in [6, 6.07) is -0.563. The zero-order valence-corrected chi connectivity index (χ0v) is 8.75. The zero-order valence-electron chi connectivity index (χ0n) is 8.75. The molecular weight excluding hydrogens is 187 g/mol. The molecule has 0 aromatic rings. The maximum Gasteiger partial charge on any atom is 0.408 e. The molecule has 2 N–H and O–H groups in total. The van der Waals surface area contributed by atoms with Crippen molar-refractivity contribution in [1.29, 1.82) is 0 Å². The maximum absolute atomic E-state index is 13.4. The summed E-state index contributed by atoms with van der Waals surface area (Å²) in [5.74, 6) is 0. The minimum absolute atomic E-state index is 0.241. The monoisotopic (exact) mass is 204 g/mol. The highest BCUT2D eigenvalue weighted by molar-refractivity contribution is 5.66. The van der Waals surface area contributed by atoms with Crippen LogP contribution >= 0.6 is 0 Å². The molecule has 1 saturated heterocycles. The van der Waals surface area contributed by atoms with Gasteiger partial charge in [0.2, 0.25) is 0 Å². The van der Waals surface area contributed by atoms with E-state index in [1.165, 1.54) is 4.90 Å². The summed E-state index contributed by atoms with van der Waals surface area (Å²) in [6.07, 6.45) is -2.17. The Hall–Kier alpha value is -0.840. The smallest absolute Gasteiger partial charge is 0.408 e. The molecule has 0 saturated carbocycles. The quantitative estimate of drug-likeness (QED) is 0.672. The number of alkyl halides is 1. The van der Waals surface area contributed by atoms with Crippen molar-refractivity contribution < 1.29 is 14.3 Å². The molecule has 1 heterocycles. The highest BCUT2D eigenvalue weighted by atomic mass is 19.1. The number of amides is 1. The molecule has 14 heavy (non-hydrogen) atoms. The highest BCUT2D eigenvalue weighted by Gasteiger charge is 2.40. The molecule has 0 aromatic heterocycles. The Balaban J connectivity index is 2.83. The standard InChI is InChI=1S/C9H17FN2O2/c1-9(2,3)12(8(13)14)7-5-11-4-6(7)10/h6-7,11H,4-5H2,1-3H3,(H,13,14)/t6-,7-/m1/s1. The predicted octanol–water partition coefficient (Wildman–Crippen LogP) is 1.07. The molecular formula is C9H17FN2O2. The minimum Gasteiger partial charge on any atom is -0.465 e. The molecule has 0 radical (unpaired) electrons. The lowest BCUT2D eigenvalue weighted by molar-refractivity contribution is 0.0540. The summed E-state index contributed by atoms with van der Waals surface area (Å²) in [4.78, 5) is 12.2. The number of halogens is 1. The van der Waals surface area contributed by atoms with Crippen molar-refractivity contribution >= 4 is 6.09 Å². The van der Waals surface area contributed by atoms with Crippen LogP contribution in [0.15, 0.2) is 0 Å². The number of hydrogen-bond donors (Lipinski definition) is 2. The van der Waals surface area contributed by atoms with Crippen LogP contribution < -0.4 is 5.32 Å². The summed E-state index contributed by atoms with van der Waals surface area (Å²) in [7, 11) is 0. The van der Waals surface area contributed by atoms with Gasteiger partial charge in [-0.25, -0.2) is 9.18 Å². The lowest BCUT2D eigenvalue weighted by Gasteiger charge is -2.38. The van der Waals surface area contributed by atoms with Crippen molar-refractivity contribution in [3.8, 4) is 0 Å². The molecule has 0 aliphatic carbocycles. The fourth-order valence-electron chi connectivity index (χ4n) is 1.81. The molecule has 0 unspecified atom stereocenters. The molecule has 1 amide bonds. The molecule has 0 bridgehead atoms. The Morgan fingerprint density at radius 2 is 2.07 bits per heavy atom. The second-order valence-corrected chi connectivity index (χ2v) is 4.56. The van der Waals surface area contributed by atoms with E-state index >= 15 is 0 Å². The molecule has 5 heteroatoms. The Morgan fingerprint density at radius 1 is 1.50 bits per heavy atom. The van der Waals surface area contributed by atoms with E-state index in [1.807, 2.05) is 0 Å². The third-order valence-corrected chi connectivity index (χ3v) is 2.37. The Kier molecular flexibility index (Phi) is 2.99. The van der Waals surface area contributed by atoms with Gasteiger partial charge in [0.15, 0.2) is 0 Å². The summed E-state index contributed by atoms with van der Waals surface area (Å²) in [5.41, 5.74) is -0.563.